The summed E-state index contributed by atoms with van der Waals surface area (Å²) in [7, 11) is -2.43. The highest BCUT2D eigenvalue weighted by Crippen LogP contribution is 2.45. The van der Waals surface area contributed by atoms with Gasteiger partial charge in [0.2, 0.25) is 6.29 Å². The molecule has 2 heterocycles. The van der Waals surface area contributed by atoms with Crippen LogP contribution in [0.15, 0.2) is 18.2 Å². The SMILES string of the molecule is COC(=O)[C@H]1O[C@@H](Oc2ccc(COC(=O)N(C)CCOC(=O)ON3C(=O)CCC3=O)cc2[N+](=O)[O-])[C@H](C)[C@@H](O[Si](C)(C)C(C)(C)C)[C@@H]1O[Si](C)(C)C(C)(C)C. The first-order valence-electron chi connectivity index (χ1n) is 18.3. The third kappa shape index (κ3) is 11.3. The topological polar surface area (TPSA) is 209 Å². The van der Waals surface area contributed by atoms with E-state index in [1.54, 1.807) is 0 Å². The maximum atomic E-state index is 13.4. The lowest BCUT2D eigenvalue weighted by Gasteiger charge is -2.51. The minimum atomic E-state index is -2.53. The van der Waals surface area contributed by atoms with E-state index in [1.807, 2.05) is 6.92 Å². The summed E-state index contributed by atoms with van der Waals surface area (Å²) in [6, 6.07) is 4.03. The molecule has 0 aromatic heterocycles. The van der Waals surface area contributed by atoms with Gasteiger partial charge < -0.3 is 37.4 Å². The summed E-state index contributed by atoms with van der Waals surface area (Å²) < 4.78 is 41.6. The van der Waals surface area contributed by atoms with Gasteiger partial charge in [0.1, 0.15) is 19.3 Å². The van der Waals surface area contributed by atoms with E-state index < -0.39 is 87.8 Å². The van der Waals surface area contributed by atoms with Gasteiger partial charge >= 0.3 is 23.9 Å². The first-order chi connectivity index (χ1) is 25.7. The molecule has 20 heteroatoms. The number of nitro groups is 1. The Labute approximate surface area is 329 Å². The number of hydrogen-bond acceptors (Lipinski definition) is 15. The Morgan fingerprint density at radius 3 is 2.02 bits per heavy atom. The van der Waals surface area contributed by atoms with Gasteiger partial charge in [-0.1, -0.05) is 59.6 Å². The first kappa shape index (κ1) is 46.3. The first-order valence-corrected chi connectivity index (χ1v) is 24.1. The third-order valence-electron chi connectivity index (χ3n) is 10.7. The van der Waals surface area contributed by atoms with Gasteiger partial charge in [-0.2, -0.15) is 0 Å². The Balaban J connectivity index is 1.78. The number of carbonyl (C=O) groups excluding carboxylic acids is 5. The predicted octanol–water partition coefficient (Wildman–Crippen LogP) is 6.07. The van der Waals surface area contributed by atoms with Gasteiger partial charge in [-0.3, -0.25) is 24.5 Å². The fourth-order valence-electron chi connectivity index (χ4n) is 5.14. The molecule has 314 valence electrons. The second-order valence-electron chi connectivity index (χ2n) is 16.9. The van der Waals surface area contributed by atoms with Crippen LogP contribution in [0.25, 0.3) is 0 Å². The van der Waals surface area contributed by atoms with E-state index in [0.29, 0.717) is 5.06 Å². The molecule has 3 amide bonds. The van der Waals surface area contributed by atoms with E-state index in [0.717, 1.165) is 4.90 Å². The fourth-order valence-corrected chi connectivity index (χ4v) is 7.82. The Morgan fingerprint density at radius 2 is 1.50 bits per heavy atom. The number of imide groups is 1. The van der Waals surface area contributed by atoms with Gasteiger partial charge in [-0.15, -0.1) is 0 Å². The van der Waals surface area contributed by atoms with Gasteiger partial charge in [0, 0.05) is 31.9 Å². The summed E-state index contributed by atoms with van der Waals surface area (Å²) in [4.78, 5) is 78.4. The monoisotopic (exact) mass is 827 g/mol. The number of rotatable bonds is 14. The number of nitrogens with zero attached hydrogens (tertiary/aromatic N) is 3. The normalized spacial score (nSPS) is 22.0. The zero-order valence-corrected chi connectivity index (χ0v) is 36.6. The Morgan fingerprint density at radius 1 is 0.946 bits per heavy atom. The van der Waals surface area contributed by atoms with Gasteiger partial charge in [-0.25, -0.2) is 14.4 Å². The second kappa shape index (κ2) is 18.0. The molecule has 1 aromatic rings. The van der Waals surface area contributed by atoms with Crippen molar-refractivity contribution in [1.29, 1.82) is 0 Å². The number of ether oxygens (including phenoxy) is 5. The van der Waals surface area contributed by atoms with Crippen LogP contribution in [0.4, 0.5) is 15.3 Å². The number of methoxy groups -OCH3 is 1. The molecule has 56 heavy (non-hydrogen) atoms. The van der Waals surface area contributed by atoms with Crippen molar-refractivity contribution < 1.29 is 66.3 Å². The molecule has 5 atom stereocenters. The Bertz CT molecular complexity index is 1630. The van der Waals surface area contributed by atoms with E-state index in [1.165, 1.54) is 32.4 Å². The summed E-state index contributed by atoms with van der Waals surface area (Å²) in [5, 5.41) is 12.2. The van der Waals surface area contributed by atoms with Crippen molar-refractivity contribution in [1.82, 2.24) is 9.96 Å². The van der Waals surface area contributed by atoms with Gasteiger partial charge in [0.05, 0.1) is 24.7 Å². The molecule has 1 aromatic carbocycles. The molecule has 0 bridgehead atoms. The van der Waals surface area contributed by atoms with E-state index in [9.17, 15) is 34.1 Å². The van der Waals surface area contributed by atoms with Crippen molar-refractivity contribution in [2.45, 2.75) is 129 Å². The highest BCUT2D eigenvalue weighted by atomic mass is 28.4. The number of benzene rings is 1. The molecular weight excluding hydrogens is 771 g/mol. The summed E-state index contributed by atoms with van der Waals surface area (Å²) in [5.74, 6) is -2.77. The fraction of sp³-hybridized carbons (Fsp3) is 0.694. The van der Waals surface area contributed by atoms with Gasteiger partial charge in [0.15, 0.2) is 28.5 Å². The molecule has 2 saturated heterocycles. The maximum Gasteiger partial charge on any atom is 0.534 e. The number of amides is 3. The van der Waals surface area contributed by atoms with E-state index >= 15 is 0 Å². The average molecular weight is 828 g/mol. The van der Waals surface area contributed by atoms with Crippen molar-refractivity contribution in [2.75, 3.05) is 27.3 Å². The van der Waals surface area contributed by atoms with E-state index in [4.69, 9.17) is 32.5 Å². The largest absolute Gasteiger partial charge is 0.534 e. The Kier molecular flexibility index (Phi) is 14.9. The number of hydrogen-bond donors (Lipinski definition) is 0. The number of likely N-dealkylation sites (N-methyl/N-ethyl adjacent to an activating group) is 1. The van der Waals surface area contributed by atoms with Crippen LogP contribution in [0, 0.1) is 16.0 Å². The highest BCUT2D eigenvalue weighted by molar-refractivity contribution is 6.74. The van der Waals surface area contributed by atoms with Crippen molar-refractivity contribution in [3.63, 3.8) is 0 Å². The van der Waals surface area contributed by atoms with E-state index in [2.05, 4.69) is 72.6 Å². The summed E-state index contributed by atoms with van der Waals surface area (Å²) >= 11 is 0. The molecule has 18 nitrogen and oxygen atoms in total. The summed E-state index contributed by atoms with van der Waals surface area (Å²) in [6.07, 6.45) is -6.32. The molecule has 0 aliphatic carbocycles. The molecule has 0 radical (unpaired) electrons. The molecule has 2 aliphatic rings. The molecule has 0 unspecified atom stereocenters. The average Bonchev–Trinajstić information content (AvgIpc) is 3.40. The standard InChI is InChI=1S/C36H57N3O15Si2/c1-22-28(53-55(10,11)35(2,3)4)29(54-56(12,13)36(5,6)7)30(31(42)47-9)51-32(22)50-25-15-14-23(20-24(25)39(45)46)21-49-33(43)37(8)18-19-48-34(44)52-38-26(40)16-17-27(38)41/h14-15,20,22,28-30,32H,16-19,21H2,1-13H3/t22-,28-,29+,30+,32-/m1/s1. The lowest BCUT2D eigenvalue weighted by atomic mass is 9.92. The number of esters is 1. The van der Waals surface area contributed by atoms with Gasteiger partial charge in [-0.05, 0) is 47.9 Å². The lowest BCUT2D eigenvalue weighted by Crippen LogP contribution is -2.65. The van der Waals surface area contributed by atoms with Crippen LogP contribution >= 0.6 is 0 Å². The summed E-state index contributed by atoms with van der Waals surface area (Å²) in [6.45, 7) is 21.8. The van der Waals surface area contributed by atoms with E-state index in [-0.39, 0.29) is 54.0 Å². The zero-order valence-electron chi connectivity index (χ0n) is 34.6. The predicted molar refractivity (Wildman–Crippen MR) is 204 cm³/mol. The Hall–Kier alpha value is -4.12. The molecular formula is C36H57N3O15Si2. The quantitative estimate of drug-likeness (QED) is 0.0520. The van der Waals surface area contributed by atoms with Gasteiger partial charge in [0.25, 0.3) is 11.8 Å². The molecule has 3 rings (SSSR count). The second-order valence-corrected chi connectivity index (χ2v) is 26.4. The van der Waals surface area contributed by atoms with Crippen LogP contribution in [-0.2, 0) is 53.6 Å². The molecule has 0 saturated carbocycles. The van der Waals surface area contributed by atoms with Crippen LogP contribution in [-0.4, -0.2) is 113 Å². The summed E-state index contributed by atoms with van der Waals surface area (Å²) in [5.41, 5.74) is -0.182. The van der Waals surface area contributed by atoms with Crippen LogP contribution in [0.1, 0.15) is 66.9 Å². The van der Waals surface area contributed by atoms with Crippen molar-refractivity contribution in [3.05, 3.63) is 33.9 Å². The van der Waals surface area contributed by atoms with Crippen LogP contribution in [0.2, 0.25) is 36.3 Å². The number of carbonyl (C=O) groups is 5. The number of hydroxylamine groups is 2. The minimum absolute atomic E-state index is 0.0767. The minimum Gasteiger partial charge on any atom is -0.467 e. The van der Waals surface area contributed by atoms with Crippen molar-refractivity contribution in [2.24, 2.45) is 5.92 Å². The van der Waals surface area contributed by atoms with Crippen molar-refractivity contribution in [3.8, 4) is 5.75 Å². The lowest BCUT2D eigenvalue weighted by molar-refractivity contribution is -0.386. The third-order valence-corrected chi connectivity index (χ3v) is 19.7. The van der Waals surface area contributed by atoms with Crippen LogP contribution < -0.4 is 4.74 Å². The smallest absolute Gasteiger partial charge is 0.467 e. The van der Waals surface area contributed by atoms with Crippen LogP contribution in [0.5, 0.6) is 5.75 Å². The molecule has 0 N–H and O–H groups in total. The maximum absolute atomic E-state index is 13.4. The highest BCUT2D eigenvalue weighted by Gasteiger charge is 2.55. The zero-order chi connectivity index (χ0) is 42.6. The molecule has 0 spiro atoms. The van der Waals surface area contributed by atoms with Crippen LogP contribution in [0.3, 0.4) is 0 Å². The number of nitro benzene ring substituents is 1. The molecule has 2 aliphatic heterocycles. The van der Waals surface area contributed by atoms with Crippen molar-refractivity contribution >= 4 is 52.4 Å². The molecule has 2 fully saturated rings.